The van der Waals surface area contributed by atoms with Gasteiger partial charge in [0.05, 0.1) is 8.07 Å². The fraction of sp³-hybridized carbons (Fsp3) is 0.333. The van der Waals surface area contributed by atoms with Crippen LogP contribution in [0.4, 0.5) is 0 Å². The number of hydrogen-bond acceptors (Lipinski definition) is 1. The molecule has 4 rings (SSSR count). The molecule has 0 aromatic heterocycles. The minimum Gasteiger partial charge on any atom is -0.418 e. The Hall–Kier alpha value is -1.95. The van der Waals surface area contributed by atoms with Gasteiger partial charge in [0.1, 0.15) is 0 Å². The van der Waals surface area contributed by atoms with Crippen LogP contribution in [-0.2, 0) is 4.43 Å². The van der Waals surface area contributed by atoms with Crippen molar-refractivity contribution in [3.8, 4) is 0 Å². The lowest BCUT2D eigenvalue weighted by atomic mass is 9.95. The lowest BCUT2D eigenvalue weighted by molar-refractivity contribution is 0.332. The molecule has 30 heavy (non-hydrogen) atoms. The third-order valence-electron chi connectivity index (χ3n) is 6.36. The lowest BCUT2D eigenvalue weighted by Gasteiger charge is -2.28. The van der Waals surface area contributed by atoms with E-state index in [1.165, 1.54) is 38.0 Å². The number of allylic oxidation sites excluding steroid dienone is 4. The van der Waals surface area contributed by atoms with Crippen molar-refractivity contribution in [1.82, 2.24) is 0 Å². The highest BCUT2D eigenvalue weighted by atomic mass is 28.4. The van der Waals surface area contributed by atoms with Crippen LogP contribution in [0.25, 0.3) is 17.7 Å². The topological polar surface area (TPSA) is 9.23 Å². The molecule has 0 unspecified atom stereocenters. The van der Waals surface area contributed by atoms with Crippen LogP contribution < -0.4 is 10.4 Å². The third kappa shape index (κ3) is 3.99. The monoisotopic (exact) mass is 430 g/mol. The molecule has 2 aromatic rings. The van der Waals surface area contributed by atoms with Crippen molar-refractivity contribution in [2.45, 2.75) is 52.1 Å². The van der Waals surface area contributed by atoms with Crippen LogP contribution in [0.15, 0.2) is 53.7 Å². The van der Waals surface area contributed by atoms with Gasteiger partial charge in [0, 0.05) is 6.61 Å². The average Bonchev–Trinajstić information content (AvgIpc) is 3.31. The van der Waals surface area contributed by atoms with Gasteiger partial charge < -0.3 is 4.43 Å². The fourth-order valence-corrected chi connectivity index (χ4v) is 8.16. The summed E-state index contributed by atoms with van der Waals surface area (Å²) in [5.74, 6) is 0. The molecule has 3 heteroatoms. The van der Waals surface area contributed by atoms with E-state index in [0.717, 1.165) is 13.0 Å². The molecule has 0 N–H and O–H groups in total. The Bertz CT molecular complexity index is 1260. The van der Waals surface area contributed by atoms with Crippen molar-refractivity contribution in [2.75, 3.05) is 6.61 Å². The van der Waals surface area contributed by atoms with Crippen molar-refractivity contribution in [2.24, 2.45) is 0 Å². The molecule has 2 aliphatic carbocycles. The first-order valence-corrected chi connectivity index (χ1v) is 17.8. The Morgan fingerprint density at radius 3 is 2.47 bits per heavy atom. The zero-order valence-electron chi connectivity index (χ0n) is 19.3. The summed E-state index contributed by atoms with van der Waals surface area (Å²) >= 11 is 0. The van der Waals surface area contributed by atoms with E-state index in [1.807, 2.05) is 0 Å². The van der Waals surface area contributed by atoms with E-state index in [4.69, 9.17) is 4.43 Å². The summed E-state index contributed by atoms with van der Waals surface area (Å²) in [5, 5.41) is 7.06. The Morgan fingerprint density at radius 1 is 0.967 bits per heavy atom. The minimum absolute atomic E-state index is 0.900. The zero-order chi connectivity index (χ0) is 21.5. The zero-order valence-corrected chi connectivity index (χ0v) is 21.3. The average molecular weight is 431 g/mol. The van der Waals surface area contributed by atoms with Crippen LogP contribution in [-0.4, -0.2) is 23.0 Å². The molecule has 0 saturated carbocycles. The second kappa shape index (κ2) is 7.95. The van der Waals surface area contributed by atoms with E-state index < -0.39 is 16.4 Å². The van der Waals surface area contributed by atoms with Crippen LogP contribution >= 0.6 is 0 Å². The van der Waals surface area contributed by atoms with Crippen molar-refractivity contribution in [3.05, 3.63) is 85.7 Å². The third-order valence-corrected chi connectivity index (χ3v) is 10.8. The molecule has 0 heterocycles. The molecule has 2 aliphatic rings. The summed E-state index contributed by atoms with van der Waals surface area (Å²) in [5.41, 5.74) is 4.41. The molecular weight excluding hydrogens is 396 g/mol. The summed E-state index contributed by atoms with van der Waals surface area (Å²) in [6.45, 7) is 15.0. The van der Waals surface area contributed by atoms with Gasteiger partial charge >= 0.3 is 0 Å². The summed E-state index contributed by atoms with van der Waals surface area (Å²) in [7, 11) is -3.07. The second-order valence-electron chi connectivity index (χ2n) is 10.1. The molecular formula is C27H34OSi2. The standard InChI is InChI=1S/C27H34OSi2/c1-7-20-15-16-23-22-12-9-8-11-21(22)19-25(23)27(20)24-13-10-14-26(24)30(5,6)18-17-28-29(2,3)4/h7-12,14-16,19H,13,17-18H2,1-6H3. The quantitative estimate of drug-likeness (QED) is 0.454. The highest BCUT2D eigenvalue weighted by Crippen LogP contribution is 2.37. The Balaban J connectivity index is 1.85. The molecule has 0 atom stereocenters. The smallest absolute Gasteiger partial charge is 0.183 e. The molecule has 0 amide bonds. The van der Waals surface area contributed by atoms with Crippen LogP contribution in [0.5, 0.6) is 0 Å². The van der Waals surface area contributed by atoms with Gasteiger partial charge in [-0.15, -0.1) is 0 Å². The van der Waals surface area contributed by atoms with Crippen LogP contribution in [0.3, 0.4) is 0 Å². The Labute approximate surface area is 183 Å². The maximum atomic E-state index is 6.24. The van der Waals surface area contributed by atoms with Gasteiger partial charge in [0.25, 0.3) is 0 Å². The summed E-state index contributed by atoms with van der Waals surface area (Å²) in [4.78, 5) is 0. The largest absolute Gasteiger partial charge is 0.418 e. The predicted octanol–water partition coefficient (Wildman–Crippen LogP) is 5.73. The summed E-state index contributed by atoms with van der Waals surface area (Å²) in [6, 6.07) is 14.6. The normalized spacial score (nSPS) is 16.1. The molecule has 0 spiro atoms. The van der Waals surface area contributed by atoms with Gasteiger partial charge in [-0.25, -0.2) is 0 Å². The Kier molecular flexibility index (Phi) is 5.64. The van der Waals surface area contributed by atoms with E-state index in [9.17, 15) is 0 Å². The molecule has 0 radical (unpaired) electrons. The van der Waals surface area contributed by atoms with E-state index in [1.54, 1.807) is 10.8 Å². The number of rotatable bonds is 6. The lowest BCUT2D eigenvalue weighted by Crippen LogP contribution is -2.34. The predicted molar refractivity (Wildman–Crippen MR) is 136 cm³/mol. The molecule has 0 fully saturated rings. The summed E-state index contributed by atoms with van der Waals surface area (Å²) in [6.07, 6.45) is 10.5. The van der Waals surface area contributed by atoms with Crippen LogP contribution in [0, 0.1) is 10.4 Å². The van der Waals surface area contributed by atoms with E-state index in [2.05, 4.69) is 100 Å². The van der Waals surface area contributed by atoms with E-state index in [-0.39, 0.29) is 0 Å². The highest BCUT2D eigenvalue weighted by molar-refractivity contribution is 6.86. The second-order valence-corrected chi connectivity index (χ2v) is 19.4. The van der Waals surface area contributed by atoms with Crippen LogP contribution in [0.1, 0.15) is 24.5 Å². The number of hydrogen-bond donors (Lipinski definition) is 0. The number of fused-ring (bicyclic) bond motifs is 2. The SMILES string of the molecule is CC=c1ccc2c(c1C1=C([Si](C)(C)CCO[Si](C)(C)C)C=CC1)C=c1ccccc1=2. The summed E-state index contributed by atoms with van der Waals surface area (Å²) < 4.78 is 6.24. The molecule has 156 valence electrons. The first-order chi connectivity index (χ1) is 14.2. The Morgan fingerprint density at radius 2 is 1.73 bits per heavy atom. The van der Waals surface area contributed by atoms with Crippen molar-refractivity contribution >= 4 is 34.1 Å². The van der Waals surface area contributed by atoms with Gasteiger partial charge in [0.15, 0.2) is 8.32 Å². The molecule has 1 nitrogen and oxygen atoms in total. The maximum Gasteiger partial charge on any atom is 0.183 e. The van der Waals surface area contributed by atoms with Gasteiger partial charge in [0.2, 0.25) is 0 Å². The molecule has 0 aliphatic heterocycles. The van der Waals surface area contributed by atoms with E-state index in [0.29, 0.717) is 0 Å². The highest BCUT2D eigenvalue weighted by Gasteiger charge is 2.31. The van der Waals surface area contributed by atoms with Gasteiger partial charge in [-0.05, 0) is 82.7 Å². The van der Waals surface area contributed by atoms with Crippen molar-refractivity contribution < 1.29 is 4.43 Å². The first kappa shape index (κ1) is 21.3. The first-order valence-electron chi connectivity index (χ1n) is 11.2. The minimum atomic E-state index is -1.60. The van der Waals surface area contributed by atoms with Crippen molar-refractivity contribution in [3.63, 3.8) is 0 Å². The van der Waals surface area contributed by atoms with Gasteiger partial charge in [-0.3, -0.25) is 0 Å². The van der Waals surface area contributed by atoms with E-state index >= 15 is 0 Å². The van der Waals surface area contributed by atoms with Crippen molar-refractivity contribution in [1.29, 1.82) is 0 Å². The molecule has 0 saturated heterocycles. The molecule has 2 aromatic carbocycles. The number of benzene rings is 2. The fourth-order valence-electron chi connectivity index (χ4n) is 4.75. The van der Waals surface area contributed by atoms with Gasteiger partial charge in [-0.2, -0.15) is 0 Å². The molecule has 0 bridgehead atoms. The maximum absolute atomic E-state index is 6.24. The van der Waals surface area contributed by atoms with Crippen LogP contribution in [0.2, 0.25) is 38.8 Å². The van der Waals surface area contributed by atoms with Gasteiger partial charge in [-0.1, -0.05) is 72.9 Å².